The predicted molar refractivity (Wildman–Crippen MR) is 83.9 cm³/mol. The highest BCUT2D eigenvalue weighted by molar-refractivity contribution is 7.11. The van der Waals surface area contributed by atoms with Crippen molar-refractivity contribution < 1.29 is 0 Å². The predicted octanol–water partition coefficient (Wildman–Crippen LogP) is 3.85. The van der Waals surface area contributed by atoms with Crippen LogP contribution in [0.25, 0.3) is 0 Å². The van der Waals surface area contributed by atoms with E-state index in [4.69, 9.17) is 10.7 Å². The van der Waals surface area contributed by atoms with Gasteiger partial charge >= 0.3 is 0 Å². The molecule has 1 unspecified atom stereocenters. The molecule has 20 heavy (non-hydrogen) atoms. The maximum absolute atomic E-state index is 6.73. The van der Waals surface area contributed by atoms with Gasteiger partial charge in [-0.15, -0.1) is 11.3 Å². The van der Waals surface area contributed by atoms with Crippen LogP contribution in [0.5, 0.6) is 0 Å². The van der Waals surface area contributed by atoms with E-state index < -0.39 is 0 Å². The molecule has 0 aliphatic heterocycles. The van der Waals surface area contributed by atoms with Gasteiger partial charge in [0.2, 0.25) is 0 Å². The zero-order valence-electron chi connectivity index (χ0n) is 12.7. The van der Waals surface area contributed by atoms with Gasteiger partial charge in [-0.3, -0.25) is 0 Å². The Morgan fingerprint density at radius 2 is 1.70 bits per heavy atom. The van der Waals surface area contributed by atoms with Crippen molar-refractivity contribution in [1.82, 2.24) is 4.98 Å². The van der Waals surface area contributed by atoms with Crippen LogP contribution in [0.1, 0.15) is 54.1 Å². The number of aryl methyl sites for hydroxylation is 2. The third-order valence-corrected chi connectivity index (χ3v) is 7.43. The minimum atomic E-state index is 0.334. The topological polar surface area (TPSA) is 38.9 Å². The fourth-order valence-corrected chi connectivity index (χ4v) is 6.66. The number of aromatic nitrogens is 1. The number of thiazole rings is 1. The van der Waals surface area contributed by atoms with Gasteiger partial charge in [-0.2, -0.15) is 0 Å². The van der Waals surface area contributed by atoms with Gasteiger partial charge in [-0.05, 0) is 75.5 Å². The average Bonchev–Trinajstić information content (AvgIpc) is 2.66. The van der Waals surface area contributed by atoms with Gasteiger partial charge < -0.3 is 5.73 Å². The Balaban J connectivity index is 1.54. The number of hydrogen-bond donors (Lipinski definition) is 1. The summed E-state index contributed by atoms with van der Waals surface area (Å²) in [5, 5.41) is 1.27. The Morgan fingerprint density at radius 3 is 2.15 bits per heavy atom. The molecule has 0 saturated heterocycles. The molecule has 4 saturated carbocycles. The van der Waals surface area contributed by atoms with Gasteiger partial charge in [-0.25, -0.2) is 4.98 Å². The Bertz CT molecular complexity index is 464. The molecule has 1 heterocycles. The molecule has 0 radical (unpaired) electrons. The molecular weight excluding hydrogens is 264 g/mol. The first-order chi connectivity index (χ1) is 9.54. The smallest absolute Gasteiger partial charge is 0.0946 e. The summed E-state index contributed by atoms with van der Waals surface area (Å²) in [6.45, 7) is 4.29. The average molecular weight is 290 g/mol. The van der Waals surface area contributed by atoms with E-state index in [-0.39, 0.29) is 0 Å². The van der Waals surface area contributed by atoms with Gasteiger partial charge in [0.1, 0.15) is 0 Å². The molecule has 5 rings (SSSR count). The van der Waals surface area contributed by atoms with E-state index in [0.29, 0.717) is 11.5 Å². The van der Waals surface area contributed by atoms with E-state index in [1.54, 1.807) is 0 Å². The molecule has 4 aliphatic carbocycles. The van der Waals surface area contributed by atoms with E-state index in [1.165, 1.54) is 54.1 Å². The second-order valence-electron chi connectivity index (χ2n) is 7.84. The van der Waals surface area contributed by atoms with Gasteiger partial charge in [0, 0.05) is 17.3 Å². The monoisotopic (exact) mass is 290 g/mol. The highest BCUT2D eigenvalue weighted by Gasteiger charge is 2.53. The van der Waals surface area contributed by atoms with Crippen molar-refractivity contribution in [2.24, 2.45) is 28.9 Å². The largest absolute Gasteiger partial charge is 0.327 e. The molecular formula is C17H26N2S. The Kier molecular flexibility index (Phi) is 3.01. The van der Waals surface area contributed by atoms with Crippen LogP contribution in [-0.4, -0.2) is 11.0 Å². The summed E-state index contributed by atoms with van der Waals surface area (Å²) >= 11 is 1.86. The van der Waals surface area contributed by atoms with E-state index >= 15 is 0 Å². The molecule has 110 valence electrons. The second kappa shape index (κ2) is 4.54. The zero-order valence-corrected chi connectivity index (χ0v) is 13.5. The van der Waals surface area contributed by atoms with Crippen molar-refractivity contribution >= 4 is 11.3 Å². The number of nitrogens with zero attached hydrogens (tertiary/aromatic N) is 1. The van der Waals surface area contributed by atoms with Crippen LogP contribution in [0.3, 0.4) is 0 Å². The lowest BCUT2D eigenvalue weighted by Gasteiger charge is -2.59. The summed E-state index contributed by atoms with van der Waals surface area (Å²) < 4.78 is 0. The van der Waals surface area contributed by atoms with E-state index in [2.05, 4.69) is 13.8 Å². The highest BCUT2D eigenvalue weighted by Crippen LogP contribution is 2.61. The molecule has 4 aliphatic rings. The maximum atomic E-state index is 6.73. The van der Waals surface area contributed by atoms with Crippen LogP contribution < -0.4 is 5.73 Å². The second-order valence-corrected chi connectivity index (χ2v) is 9.13. The van der Waals surface area contributed by atoms with Gasteiger partial charge in [0.05, 0.1) is 10.7 Å². The number of hydrogen-bond acceptors (Lipinski definition) is 3. The third-order valence-electron chi connectivity index (χ3n) is 6.34. The molecule has 2 nitrogen and oxygen atoms in total. The molecule has 1 aromatic rings. The maximum Gasteiger partial charge on any atom is 0.0946 e. The summed E-state index contributed by atoms with van der Waals surface area (Å²) in [5.74, 6) is 2.98. The minimum Gasteiger partial charge on any atom is -0.327 e. The van der Waals surface area contributed by atoms with Crippen molar-refractivity contribution in [2.75, 3.05) is 0 Å². The lowest BCUT2D eigenvalue weighted by molar-refractivity contribution is -0.0667. The molecule has 1 aromatic heterocycles. The molecule has 1 atom stereocenters. The van der Waals surface area contributed by atoms with Gasteiger partial charge in [0.15, 0.2) is 0 Å². The zero-order chi connectivity index (χ0) is 13.9. The molecule has 2 N–H and O–H groups in total. The molecule has 0 aromatic carbocycles. The first-order valence-electron chi connectivity index (χ1n) is 8.22. The number of nitrogens with two attached hydrogens (primary N) is 1. The summed E-state index contributed by atoms with van der Waals surface area (Å²) in [7, 11) is 0. The molecule has 4 bridgehead atoms. The van der Waals surface area contributed by atoms with Crippen LogP contribution in [0.2, 0.25) is 0 Å². The Hall–Kier alpha value is -0.410. The molecule has 4 fully saturated rings. The van der Waals surface area contributed by atoms with Crippen LogP contribution in [0.15, 0.2) is 0 Å². The summed E-state index contributed by atoms with van der Waals surface area (Å²) in [6, 6.07) is 0.334. The number of rotatable bonds is 3. The Labute approximate surface area is 126 Å². The first kappa shape index (κ1) is 13.3. The molecule has 3 heteroatoms. The fraction of sp³-hybridized carbons (Fsp3) is 0.824. The van der Waals surface area contributed by atoms with Crippen LogP contribution >= 0.6 is 11.3 Å². The van der Waals surface area contributed by atoms with Crippen LogP contribution in [0, 0.1) is 37.0 Å². The molecule has 0 amide bonds. The van der Waals surface area contributed by atoms with Crippen molar-refractivity contribution in [2.45, 2.75) is 64.8 Å². The fourth-order valence-electron chi connectivity index (χ4n) is 5.66. The normalized spacial score (nSPS) is 40.2. The van der Waals surface area contributed by atoms with E-state index in [9.17, 15) is 0 Å². The van der Waals surface area contributed by atoms with E-state index in [1.807, 2.05) is 11.3 Å². The highest BCUT2D eigenvalue weighted by atomic mass is 32.1. The minimum absolute atomic E-state index is 0.334. The quantitative estimate of drug-likeness (QED) is 0.918. The molecule has 0 spiro atoms. The van der Waals surface area contributed by atoms with Crippen molar-refractivity contribution in [1.29, 1.82) is 0 Å². The SMILES string of the molecule is Cc1nc(CC(N)C23CC4CC(CC(C4)C2)C3)sc1C. The summed E-state index contributed by atoms with van der Waals surface area (Å²) in [5.41, 5.74) is 8.39. The van der Waals surface area contributed by atoms with Crippen molar-refractivity contribution in [3.8, 4) is 0 Å². The van der Waals surface area contributed by atoms with E-state index in [0.717, 1.165) is 24.2 Å². The van der Waals surface area contributed by atoms with Crippen LogP contribution in [-0.2, 0) is 6.42 Å². The summed E-state index contributed by atoms with van der Waals surface area (Å²) in [6.07, 6.45) is 9.73. The van der Waals surface area contributed by atoms with Crippen LogP contribution in [0.4, 0.5) is 0 Å². The third kappa shape index (κ3) is 2.05. The van der Waals surface area contributed by atoms with Crippen molar-refractivity contribution in [3.05, 3.63) is 15.6 Å². The lowest BCUT2D eigenvalue weighted by Crippen LogP contribution is -2.55. The lowest BCUT2D eigenvalue weighted by atomic mass is 9.47. The standard InChI is InChI=1S/C17H26N2S/c1-10-11(2)20-16(19-10)6-15(18)17-7-12-3-13(8-17)5-14(4-12)9-17/h12-15H,3-9,18H2,1-2H3. The van der Waals surface area contributed by atoms with Gasteiger partial charge in [-0.1, -0.05) is 0 Å². The Morgan fingerprint density at radius 1 is 1.15 bits per heavy atom. The first-order valence-corrected chi connectivity index (χ1v) is 9.04. The summed E-state index contributed by atoms with van der Waals surface area (Å²) in [4.78, 5) is 6.08. The van der Waals surface area contributed by atoms with Crippen molar-refractivity contribution in [3.63, 3.8) is 0 Å². The van der Waals surface area contributed by atoms with Gasteiger partial charge in [0.25, 0.3) is 0 Å².